The molecule has 0 bridgehead atoms. The van der Waals surface area contributed by atoms with E-state index in [9.17, 15) is 18.0 Å². The molecule has 0 aliphatic rings. The summed E-state index contributed by atoms with van der Waals surface area (Å²) >= 11 is 0. The van der Waals surface area contributed by atoms with Gasteiger partial charge in [-0.25, -0.2) is 4.98 Å². The Morgan fingerprint density at radius 1 is 1.07 bits per heavy atom. The van der Waals surface area contributed by atoms with Crippen LogP contribution in [0.4, 0.5) is 24.5 Å². The zero-order chi connectivity index (χ0) is 20.9. The molecular formula is C21H19ClF3N3O2. The number of hydrogen-bond acceptors (Lipinski definition) is 4. The second kappa shape index (κ2) is 9.98. The molecule has 0 radical (unpaired) electrons. The van der Waals surface area contributed by atoms with Gasteiger partial charge < -0.3 is 15.4 Å². The minimum atomic E-state index is -4.48. The summed E-state index contributed by atoms with van der Waals surface area (Å²) in [5, 5.41) is 5.66. The molecule has 3 aromatic rings. The van der Waals surface area contributed by atoms with E-state index < -0.39 is 17.6 Å². The first-order chi connectivity index (χ1) is 13.9. The van der Waals surface area contributed by atoms with Gasteiger partial charge in [-0.2, -0.15) is 13.2 Å². The number of carbonyl (C=O) groups excluding carboxylic acids is 1. The highest BCUT2D eigenvalue weighted by Gasteiger charge is 2.30. The fraction of sp³-hybridized carbons (Fsp3) is 0.143. The van der Waals surface area contributed by atoms with Crippen LogP contribution in [-0.2, 0) is 12.7 Å². The number of amides is 1. The molecule has 2 N–H and O–H groups in total. The van der Waals surface area contributed by atoms with Crippen LogP contribution in [0.15, 0.2) is 66.9 Å². The molecule has 30 heavy (non-hydrogen) atoms. The van der Waals surface area contributed by atoms with Crippen LogP contribution < -0.4 is 15.4 Å². The van der Waals surface area contributed by atoms with Crippen molar-refractivity contribution in [2.75, 3.05) is 17.7 Å². The van der Waals surface area contributed by atoms with E-state index in [-0.39, 0.29) is 18.1 Å². The van der Waals surface area contributed by atoms with Crippen molar-refractivity contribution in [3.8, 4) is 5.88 Å². The lowest BCUT2D eigenvalue weighted by Gasteiger charge is -2.13. The van der Waals surface area contributed by atoms with Crippen molar-refractivity contribution in [2.45, 2.75) is 12.7 Å². The van der Waals surface area contributed by atoms with Crippen LogP contribution in [0.2, 0.25) is 0 Å². The zero-order valence-electron chi connectivity index (χ0n) is 15.9. The fourth-order valence-electron chi connectivity index (χ4n) is 2.64. The molecule has 0 saturated heterocycles. The van der Waals surface area contributed by atoms with E-state index in [1.165, 1.54) is 19.2 Å². The van der Waals surface area contributed by atoms with Crippen LogP contribution in [0.3, 0.4) is 0 Å². The maximum atomic E-state index is 12.9. The third-order valence-electron chi connectivity index (χ3n) is 4.11. The molecule has 3 rings (SSSR count). The van der Waals surface area contributed by atoms with Gasteiger partial charge in [0.25, 0.3) is 5.91 Å². The highest BCUT2D eigenvalue weighted by atomic mass is 35.5. The number of benzene rings is 2. The number of carbonyl (C=O) groups is 1. The van der Waals surface area contributed by atoms with Gasteiger partial charge >= 0.3 is 6.18 Å². The van der Waals surface area contributed by atoms with E-state index >= 15 is 0 Å². The number of rotatable bonds is 6. The van der Waals surface area contributed by atoms with E-state index in [1.54, 1.807) is 36.5 Å². The smallest absolute Gasteiger partial charge is 0.416 e. The van der Waals surface area contributed by atoms with Crippen molar-refractivity contribution < 1.29 is 22.7 Å². The largest absolute Gasteiger partial charge is 0.481 e. The number of pyridine rings is 1. The van der Waals surface area contributed by atoms with Crippen molar-refractivity contribution in [1.82, 2.24) is 4.98 Å². The average molecular weight is 438 g/mol. The fourth-order valence-corrected chi connectivity index (χ4v) is 2.64. The lowest BCUT2D eigenvalue weighted by Crippen LogP contribution is -2.15. The Balaban J connectivity index is 0.00000320. The monoisotopic (exact) mass is 437 g/mol. The molecule has 158 valence electrons. The molecule has 5 nitrogen and oxygen atoms in total. The van der Waals surface area contributed by atoms with Gasteiger partial charge in [-0.1, -0.05) is 24.3 Å². The second-order valence-corrected chi connectivity index (χ2v) is 6.14. The van der Waals surface area contributed by atoms with Gasteiger partial charge in [0.05, 0.1) is 18.2 Å². The van der Waals surface area contributed by atoms with E-state index in [2.05, 4.69) is 15.6 Å². The summed E-state index contributed by atoms with van der Waals surface area (Å²) in [6, 6.07) is 14.8. The molecule has 0 aliphatic heterocycles. The van der Waals surface area contributed by atoms with E-state index in [0.29, 0.717) is 23.7 Å². The highest BCUT2D eigenvalue weighted by Crippen LogP contribution is 2.31. The van der Waals surface area contributed by atoms with Gasteiger partial charge in [0.15, 0.2) is 0 Å². The van der Waals surface area contributed by atoms with Crippen LogP contribution in [0.1, 0.15) is 21.5 Å². The van der Waals surface area contributed by atoms with E-state index in [4.69, 9.17) is 4.74 Å². The first-order valence-corrected chi connectivity index (χ1v) is 8.67. The van der Waals surface area contributed by atoms with Crippen LogP contribution in [0, 0.1) is 0 Å². The molecule has 0 saturated carbocycles. The summed E-state index contributed by atoms with van der Waals surface area (Å²) in [5.74, 6) is -0.0186. The Morgan fingerprint density at radius 3 is 2.50 bits per heavy atom. The molecule has 0 unspecified atom stereocenters. The van der Waals surface area contributed by atoms with Gasteiger partial charge in [0.2, 0.25) is 5.88 Å². The first kappa shape index (κ1) is 23.0. The Hall–Kier alpha value is -3.26. The molecule has 0 aliphatic carbocycles. The number of ether oxygens (including phenoxy) is 1. The zero-order valence-corrected chi connectivity index (χ0v) is 16.7. The van der Waals surface area contributed by atoms with Gasteiger partial charge in [-0.05, 0) is 35.9 Å². The summed E-state index contributed by atoms with van der Waals surface area (Å²) in [6.07, 6.45) is -2.83. The number of nitrogens with one attached hydrogen (secondary N) is 2. The quantitative estimate of drug-likeness (QED) is 0.542. The summed E-state index contributed by atoms with van der Waals surface area (Å²) in [5.41, 5.74) is 0.978. The third kappa shape index (κ3) is 5.87. The topological polar surface area (TPSA) is 63.2 Å². The number of para-hydroxylation sites is 1. The van der Waals surface area contributed by atoms with Crippen LogP contribution in [0.25, 0.3) is 0 Å². The van der Waals surface area contributed by atoms with Gasteiger partial charge in [-0.3, -0.25) is 4.79 Å². The standard InChI is InChI=1S/C21H18F3N3O2.ClH/c1-29-19-10-9-14(13-26-19)12-25-18-8-3-2-7-17(18)20(28)27-16-6-4-5-15(11-16)21(22,23)24;/h2-11,13,25H,12H2,1H3,(H,27,28);1H. The summed E-state index contributed by atoms with van der Waals surface area (Å²) in [7, 11) is 1.53. The Kier molecular flexibility index (Phi) is 7.66. The molecule has 0 spiro atoms. The SMILES string of the molecule is COc1ccc(CNc2ccccc2C(=O)Nc2cccc(C(F)(F)F)c2)cn1.Cl. The van der Waals surface area contributed by atoms with Crippen LogP contribution in [0.5, 0.6) is 5.88 Å². The van der Waals surface area contributed by atoms with Crippen molar-refractivity contribution in [3.05, 3.63) is 83.6 Å². The normalized spacial score (nSPS) is 10.7. The van der Waals surface area contributed by atoms with Crippen molar-refractivity contribution in [1.29, 1.82) is 0 Å². The molecule has 1 heterocycles. The maximum Gasteiger partial charge on any atom is 0.416 e. The Labute approximate surface area is 177 Å². The molecule has 0 fully saturated rings. The molecule has 0 atom stereocenters. The Bertz CT molecular complexity index is 995. The predicted octanol–water partition coefficient (Wildman–Crippen LogP) is 5.40. The molecule has 2 aromatic carbocycles. The second-order valence-electron chi connectivity index (χ2n) is 6.14. The average Bonchev–Trinajstić information content (AvgIpc) is 2.72. The van der Waals surface area contributed by atoms with E-state index in [0.717, 1.165) is 17.7 Å². The summed E-state index contributed by atoms with van der Waals surface area (Å²) in [4.78, 5) is 16.7. The number of anilines is 2. The number of hydrogen-bond donors (Lipinski definition) is 2. The minimum absolute atomic E-state index is 0. The third-order valence-corrected chi connectivity index (χ3v) is 4.11. The van der Waals surface area contributed by atoms with Crippen molar-refractivity contribution in [3.63, 3.8) is 0 Å². The van der Waals surface area contributed by atoms with Crippen LogP contribution >= 0.6 is 12.4 Å². The van der Waals surface area contributed by atoms with Crippen molar-refractivity contribution >= 4 is 29.7 Å². The van der Waals surface area contributed by atoms with E-state index in [1.807, 2.05) is 6.07 Å². The lowest BCUT2D eigenvalue weighted by atomic mass is 10.1. The lowest BCUT2D eigenvalue weighted by molar-refractivity contribution is -0.137. The summed E-state index contributed by atoms with van der Waals surface area (Å²) < 4.78 is 43.6. The first-order valence-electron chi connectivity index (χ1n) is 8.67. The molecule has 9 heteroatoms. The van der Waals surface area contributed by atoms with Gasteiger partial charge in [-0.15, -0.1) is 12.4 Å². The van der Waals surface area contributed by atoms with Gasteiger partial charge in [0, 0.05) is 30.2 Å². The van der Waals surface area contributed by atoms with Crippen LogP contribution in [-0.4, -0.2) is 18.0 Å². The maximum absolute atomic E-state index is 12.9. The number of aromatic nitrogens is 1. The number of alkyl halides is 3. The highest BCUT2D eigenvalue weighted by molar-refractivity contribution is 6.08. The number of halogens is 4. The number of methoxy groups -OCH3 is 1. The Morgan fingerprint density at radius 2 is 1.83 bits per heavy atom. The molecule has 1 aromatic heterocycles. The number of nitrogens with zero attached hydrogens (tertiary/aromatic N) is 1. The van der Waals surface area contributed by atoms with Gasteiger partial charge in [0.1, 0.15) is 0 Å². The predicted molar refractivity (Wildman–Crippen MR) is 111 cm³/mol. The molecular weight excluding hydrogens is 419 g/mol. The minimum Gasteiger partial charge on any atom is -0.481 e. The van der Waals surface area contributed by atoms with Crippen molar-refractivity contribution in [2.24, 2.45) is 0 Å². The summed E-state index contributed by atoms with van der Waals surface area (Å²) in [6.45, 7) is 0.408. The molecule has 1 amide bonds.